The molecule has 0 amide bonds. The summed E-state index contributed by atoms with van der Waals surface area (Å²) in [5.41, 5.74) is 2.78. The summed E-state index contributed by atoms with van der Waals surface area (Å²) in [4.78, 5) is 36.1. The molecule has 1 aliphatic heterocycles. The van der Waals surface area contributed by atoms with Crippen LogP contribution in [0.5, 0.6) is 0 Å². The Labute approximate surface area is 246 Å². The fourth-order valence-corrected chi connectivity index (χ4v) is 4.79. The number of aliphatic hydroxyl groups excluding tert-OH is 2. The molecule has 7 atom stereocenters. The monoisotopic (exact) mass is 570 g/mol. The first-order chi connectivity index (χ1) is 19.3. The topological polar surface area (TPSA) is 110 Å². The lowest BCUT2D eigenvalue weighted by molar-refractivity contribution is -0.143. The number of rotatable bonds is 16. The lowest BCUT2D eigenvalue weighted by atomic mass is 9.82. The van der Waals surface area contributed by atoms with Crippen molar-refractivity contribution in [3.63, 3.8) is 0 Å². The maximum absolute atomic E-state index is 13.1. The van der Waals surface area contributed by atoms with Crippen LogP contribution in [-0.2, 0) is 23.9 Å². The van der Waals surface area contributed by atoms with Crippen LogP contribution in [0.2, 0.25) is 0 Å². The van der Waals surface area contributed by atoms with Gasteiger partial charge >= 0.3 is 11.9 Å². The van der Waals surface area contributed by atoms with Gasteiger partial charge in [0.1, 0.15) is 11.9 Å². The van der Waals surface area contributed by atoms with E-state index in [-0.39, 0.29) is 42.2 Å². The Kier molecular flexibility index (Phi) is 16.2. The molecule has 1 rings (SSSR count). The van der Waals surface area contributed by atoms with E-state index in [1.54, 1.807) is 19.9 Å². The highest BCUT2D eigenvalue weighted by atomic mass is 16.5. The average Bonchev–Trinajstić information content (AvgIpc) is 2.93. The molecule has 7 unspecified atom stereocenters. The number of esters is 2. The van der Waals surface area contributed by atoms with Gasteiger partial charge in [-0.05, 0) is 51.0 Å². The highest BCUT2D eigenvalue weighted by Gasteiger charge is 2.30. The van der Waals surface area contributed by atoms with Crippen LogP contribution in [0.15, 0.2) is 71.4 Å². The molecule has 0 saturated carbocycles. The second-order valence-electron chi connectivity index (χ2n) is 11.3. The third kappa shape index (κ3) is 13.0. The van der Waals surface area contributed by atoms with Crippen molar-refractivity contribution >= 4 is 17.7 Å². The second kappa shape index (κ2) is 18.4. The van der Waals surface area contributed by atoms with Crippen LogP contribution in [0.4, 0.5) is 0 Å². The van der Waals surface area contributed by atoms with E-state index in [9.17, 15) is 24.6 Å². The summed E-state index contributed by atoms with van der Waals surface area (Å²) in [5.74, 6) is -2.23. The van der Waals surface area contributed by atoms with E-state index in [1.165, 1.54) is 24.8 Å². The quantitative estimate of drug-likeness (QED) is 0.136. The zero-order valence-corrected chi connectivity index (χ0v) is 26.0. The van der Waals surface area contributed by atoms with Gasteiger partial charge in [0.05, 0.1) is 25.7 Å². The van der Waals surface area contributed by atoms with Gasteiger partial charge in [0.25, 0.3) is 0 Å². The third-order valence-corrected chi connectivity index (χ3v) is 7.38. The van der Waals surface area contributed by atoms with Crippen LogP contribution < -0.4 is 0 Å². The van der Waals surface area contributed by atoms with Gasteiger partial charge in [-0.3, -0.25) is 4.79 Å². The molecule has 228 valence electrons. The standard InChI is InChI=1S/C34H50O7/c1-9-28(14-15-30-25(5)13-16-31(36)41-30)18-22(2)11-10-12-23(3)19-29(21-35)34(39)27(7)33(38)26(6)17-24(4)20-32(37)40-8/h10,12-16,18-20,22,25-27,29-30,33,35,38H,9,11,17,21H2,1-8H3/b12-10+,15-14+,23-19+,24-20+,28-18-. The lowest BCUT2D eigenvalue weighted by Gasteiger charge is -2.26. The molecule has 7 heteroatoms. The Hall–Kier alpha value is -3.03. The van der Waals surface area contributed by atoms with Gasteiger partial charge in [-0.25, -0.2) is 9.59 Å². The highest BCUT2D eigenvalue weighted by molar-refractivity contribution is 5.85. The van der Waals surface area contributed by atoms with Gasteiger partial charge in [0.2, 0.25) is 0 Å². The number of hydrogen-bond acceptors (Lipinski definition) is 7. The first kappa shape index (κ1) is 36.0. The first-order valence-electron chi connectivity index (χ1n) is 14.5. The molecule has 41 heavy (non-hydrogen) atoms. The number of Topliss-reactive ketones (excluding diaryl/α,β-unsaturated/α-hetero) is 1. The van der Waals surface area contributed by atoms with Crippen molar-refractivity contribution in [1.29, 1.82) is 0 Å². The molecule has 7 nitrogen and oxygen atoms in total. The molecule has 0 aromatic rings. The first-order valence-corrected chi connectivity index (χ1v) is 14.5. The predicted octanol–water partition coefficient (Wildman–Crippen LogP) is 5.85. The maximum atomic E-state index is 13.1. The van der Waals surface area contributed by atoms with Crippen LogP contribution in [0.25, 0.3) is 0 Å². The normalized spacial score (nSPS) is 22.4. The SMILES string of the molecule is CCC(=C/C(C)C/C=C/C(C)=C/C(CO)C(=O)C(C)C(O)C(C)C/C(C)=C/C(=O)OC)/C=C/C1OC(=O)C=CC1C. The number of carbonyl (C=O) groups is 3. The van der Waals surface area contributed by atoms with Crippen LogP contribution in [0, 0.1) is 29.6 Å². The van der Waals surface area contributed by atoms with E-state index < -0.39 is 23.9 Å². The summed E-state index contributed by atoms with van der Waals surface area (Å²) in [6, 6.07) is 0. The predicted molar refractivity (Wildman–Crippen MR) is 163 cm³/mol. The van der Waals surface area contributed by atoms with E-state index in [0.29, 0.717) is 6.42 Å². The number of carbonyl (C=O) groups excluding carboxylic acids is 3. The lowest BCUT2D eigenvalue weighted by Crippen LogP contribution is -2.35. The van der Waals surface area contributed by atoms with Gasteiger partial charge in [-0.15, -0.1) is 0 Å². The van der Waals surface area contributed by atoms with Crippen LogP contribution in [0.3, 0.4) is 0 Å². The number of allylic oxidation sites excluding steroid dienone is 7. The van der Waals surface area contributed by atoms with Crippen molar-refractivity contribution < 1.29 is 34.1 Å². The summed E-state index contributed by atoms with van der Waals surface area (Å²) < 4.78 is 10.0. The van der Waals surface area contributed by atoms with Crippen molar-refractivity contribution in [3.8, 4) is 0 Å². The van der Waals surface area contributed by atoms with Gasteiger partial charge in [0, 0.05) is 24.0 Å². The molecule has 0 aromatic heterocycles. The van der Waals surface area contributed by atoms with Gasteiger partial charge in [-0.2, -0.15) is 0 Å². The van der Waals surface area contributed by atoms with Crippen molar-refractivity contribution in [1.82, 2.24) is 0 Å². The number of cyclic esters (lactones) is 1. The highest BCUT2D eigenvalue weighted by Crippen LogP contribution is 2.24. The Bertz CT molecular complexity index is 1060. The molecule has 0 fully saturated rings. The van der Waals surface area contributed by atoms with Crippen molar-refractivity contribution in [3.05, 3.63) is 71.4 Å². The zero-order chi connectivity index (χ0) is 31.1. The molecule has 0 saturated heterocycles. The van der Waals surface area contributed by atoms with Crippen LogP contribution >= 0.6 is 0 Å². The Morgan fingerprint density at radius 3 is 2.44 bits per heavy atom. The number of ether oxygens (including phenoxy) is 2. The minimum atomic E-state index is -0.916. The Morgan fingerprint density at radius 1 is 1.15 bits per heavy atom. The van der Waals surface area contributed by atoms with Crippen molar-refractivity contribution in [2.45, 2.75) is 79.9 Å². The van der Waals surface area contributed by atoms with E-state index >= 15 is 0 Å². The summed E-state index contributed by atoms with van der Waals surface area (Å²) in [6.07, 6.45) is 17.6. The minimum absolute atomic E-state index is 0.140. The van der Waals surface area contributed by atoms with Gasteiger partial charge in [0.15, 0.2) is 0 Å². The van der Waals surface area contributed by atoms with Crippen LogP contribution in [-0.4, -0.2) is 53.9 Å². The second-order valence-corrected chi connectivity index (χ2v) is 11.3. The smallest absolute Gasteiger partial charge is 0.331 e. The summed E-state index contributed by atoms with van der Waals surface area (Å²) >= 11 is 0. The van der Waals surface area contributed by atoms with Crippen LogP contribution in [0.1, 0.15) is 67.7 Å². The largest absolute Gasteiger partial charge is 0.466 e. The third-order valence-electron chi connectivity index (χ3n) is 7.38. The van der Waals surface area contributed by atoms with E-state index in [2.05, 4.69) is 30.7 Å². The Morgan fingerprint density at radius 2 is 1.83 bits per heavy atom. The summed E-state index contributed by atoms with van der Waals surface area (Å²) in [7, 11) is 1.31. The minimum Gasteiger partial charge on any atom is -0.466 e. The summed E-state index contributed by atoms with van der Waals surface area (Å²) in [5, 5.41) is 20.7. The number of ketones is 1. The van der Waals surface area contributed by atoms with Crippen molar-refractivity contribution in [2.75, 3.05) is 13.7 Å². The fourth-order valence-electron chi connectivity index (χ4n) is 4.79. The van der Waals surface area contributed by atoms with E-state index in [0.717, 1.165) is 24.0 Å². The molecule has 0 aliphatic carbocycles. The maximum Gasteiger partial charge on any atom is 0.331 e. The molecular formula is C34H50O7. The number of hydrogen-bond donors (Lipinski definition) is 2. The van der Waals surface area contributed by atoms with Crippen molar-refractivity contribution in [2.24, 2.45) is 29.6 Å². The summed E-state index contributed by atoms with van der Waals surface area (Å²) in [6.45, 7) is 13.1. The van der Waals surface area contributed by atoms with Gasteiger partial charge < -0.3 is 19.7 Å². The molecule has 0 bridgehead atoms. The number of methoxy groups -OCH3 is 1. The molecule has 0 aromatic carbocycles. The molecular weight excluding hydrogens is 520 g/mol. The molecule has 1 aliphatic rings. The molecule has 1 heterocycles. The van der Waals surface area contributed by atoms with E-state index in [1.807, 2.05) is 45.1 Å². The van der Waals surface area contributed by atoms with E-state index in [4.69, 9.17) is 4.74 Å². The van der Waals surface area contributed by atoms with Gasteiger partial charge in [-0.1, -0.05) is 87.8 Å². The molecule has 0 radical (unpaired) electrons. The fraction of sp³-hybridized carbons (Fsp3) is 0.559. The molecule has 0 spiro atoms. The number of aliphatic hydroxyl groups is 2. The zero-order valence-electron chi connectivity index (χ0n) is 26.0. The average molecular weight is 571 g/mol. The molecule has 2 N–H and O–H groups in total. The Balaban J connectivity index is 2.76.